The van der Waals surface area contributed by atoms with Gasteiger partial charge in [0.2, 0.25) is 11.9 Å². The summed E-state index contributed by atoms with van der Waals surface area (Å²) in [6, 6.07) is 5.75. The third kappa shape index (κ3) is 3.83. The SMILES string of the molecule is CC(C)(C)C(=O)N[C@@H]1CO[C@@H]2[C@@H]1OC[C@@H]2Nc1nccc(-c2cccs2)n1. The van der Waals surface area contributed by atoms with Crippen LogP contribution in [0.4, 0.5) is 5.95 Å². The van der Waals surface area contributed by atoms with Gasteiger partial charge in [0.05, 0.1) is 35.9 Å². The molecule has 2 aromatic heterocycles. The lowest BCUT2D eigenvalue weighted by Crippen LogP contribution is -2.48. The van der Waals surface area contributed by atoms with Gasteiger partial charge in [-0.2, -0.15) is 0 Å². The average molecular weight is 388 g/mol. The summed E-state index contributed by atoms with van der Waals surface area (Å²) < 4.78 is 11.9. The van der Waals surface area contributed by atoms with Crippen LogP contribution in [0.1, 0.15) is 20.8 Å². The number of carbonyl (C=O) groups is 1. The minimum atomic E-state index is -0.440. The molecule has 0 aliphatic carbocycles. The molecule has 8 heteroatoms. The first-order chi connectivity index (χ1) is 12.9. The number of rotatable bonds is 4. The van der Waals surface area contributed by atoms with Gasteiger partial charge in [-0.05, 0) is 17.5 Å². The second-order valence-electron chi connectivity index (χ2n) is 7.92. The van der Waals surface area contributed by atoms with E-state index in [1.165, 1.54) is 0 Å². The number of carbonyl (C=O) groups excluding carboxylic acids is 1. The molecule has 1 amide bonds. The highest BCUT2D eigenvalue weighted by Crippen LogP contribution is 2.30. The molecular weight excluding hydrogens is 364 g/mol. The van der Waals surface area contributed by atoms with Crippen LogP contribution in [0.25, 0.3) is 10.6 Å². The largest absolute Gasteiger partial charge is 0.371 e. The summed E-state index contributed by atoms with van der Waals surface area (Å²) >= 11 is 1.64. The number of nitrogens with one attached hydrogen (secondary N) is 2. The molecule has 0 radical (unpaired) electrons. The van der Waals surface area contributed by atoms with Gasteiger partial charge in [0.1, 0.15) is 12.2 Å². The molecule has 4 heterocycles. The van der Waals surface area contributed by atoms with Crippen molar-refractivity contribution in [3.63, 3.8) is 0 Å². The molecule has 0 aromatic carbocycles. The van der Waals surface area contributed by atoms with Crippen molar-refractivity contribution in [2.24, 2.45) is 5.41 Å². The van der Waals surface area contributed by atoms with Crippen LogP contribution < -0.4 is 10.6 Å². The summed E-state index contributed by atoms with van der Waals surface area (Å²) in [5.74, 6) is 0.560. The molecule has 7 nitrogen and oxygen atoms in total. The smallest absolute Gasteiger partial charge is 0.225 e. The predicted molar refractivity (Wildman–Crippen MR) is 104 cm³/mol. The highest BCUT2D eigenvalue weighted by molar-refractivity contribution is 7.13. The molecule has 0 saturated carbocycles. The molecule has 2 aromatic rings. The van der Waals surface area contributed by atoms with Gasteiger partial charge in [0.25, 0.3) is 0 Å². The molecule has 2 aliphatic rings. The van der Waals surface area contributed by atoms with E-state index in [2.05, 4.69) is 20.6 Å². The van der Waals surface area contributed by atoms with Gasteiger partial charge in [0, 0.05) is 11.6 Å². The predicted octanol–water partition coefficient (Wildman–Crippen LogP) is 2.31. The van der Waals surface area contributed by atoms with Gasteiger partial charge in [0.15, 0.2) is 0 Å². The number of ether oxygens (including phenoxy) is 2. The van der Waals surface area contributed by atoms with E-state index in [1.54, 1.807) is 17.5 Å². The van der Waals surface area contributed by atoms with Crippen molar-refractivity contribution in [2.75, 3.05) is 18.5 Å². The zero-order chi connectivity index (χ0) is 19.0. The summed E-state index contributed by atoms with van der Waals surface area (Å²) in [4.78, 5) is 22.3. The Morgan fingerprint density at radius 2 is 1.93 bits per heavy atom. The molecular formula is C19H24N4O3S. The molecule has 0 bridgehead atoms. The van der Waals surface area contributed by atoms with Crippen molar-refractivity contribution < 1.29 is 14.3 Å². The van der Waals surface area contributed by atoms with E-state index in [-0.39, 0.29) is 30.2 Å². The fourth-order valence-electron chi connectivity index (χ4n) is 3.29. The summed E-state index contributed by atoms with van der Waals surface area (Å²) in [6.07, 6.45) is 1.46. The number of fused-ring (bicyclic) bond motifs is 1. The van der Waals surface area contributed by atoms with Crippen LogP contribution >= 0.6 is 11.3 Å². The molecule has 0 spiro atoms. The summed E-state index contributed by atoms with van der Waals surface area (Å²) in [5.41, 5.74) is 0.449. The molecule has 2 saturated heterocycles. The molecule has 0 unspecified atom stereocenters. The first kappa shape index (κ1) is 18.3. The Hall–Kier alpha value is -2.03. The Morgan fingerprint density at radius 3 is 2.63 bits per heavy atom. The topological polar surface area (TPSA) is 85.4 Å². The van der Waals surface area contributed by atoms with Crippen LogP contribution in [0.2, 0.25) is 0 Å². The fraction of sp³-hybridized carbons (Fsp3) is 0.526. The summed E-state index contributed by atoms with van der Waals surface area (Å²) in [5, 5.41) is 8.42. The van der Waals surface area contributed by atoms with Crippen LogP contribution in [-0.2, 0) is 14.3 Å². The Labute approximate surface area is 162 Å². The monoisotopic (exact) mass is 388 g/mol. The number of thiophene rings is 1. The van der Waals surface area contributed by atoms with Gasteiger partial charge >= 0.3 is 0 Å². The molecule has 4 atom stereocenters. The minimum absolute atomic E-state index is 0.00346. The van der Waals surface area contributed by atoms with Gasteiger partial charge < -0.3 is 20.1 Å². The van der Waals surface area contributed by atoms with E-state index < -0.39 is 5.41 Å². The molecule has 4 rings (SSSR count). The van der Waals surface area contributed by atoms with Crippen LogP contribution in [0.15, 0.2) is 29.8 Å². The minimum Gasteiger partial charge on any atom is -0.371 e. The lowest BCUT2D eigenvalue weighted by molar-refractivity contribution is -0.129. The number of hydrogen-bond acceptors (Lipinski definition) is 7. The van der Waals surface area contributed by atoms with Crippen molar-refractivity contribution in [1.82, 2.24) is 15.3 Å². The van der Waals surface area contributed by atoms with Crippen molar-refractivity contribution in [3.8, 4) is 10.6 Å². The van der Waals surface area contributed by atoms with Gasteiger partial charge in [-0.25, -0.2) is 9.97 Å². The lowest BCUT2D eigenvalue weighted by Gasteiger charge is -2.23. The number of aromatic nitrogens is 2. The highest BCUT2D eigenvalue weighted by Gasteiger charge is 2.48. The van der Waals surface area contributed by atoms with Crippen molar-refractivity contribution in [2.45, 2.75) is 45.1 Å². The van der Waals surface area contributed by atoms with E-state index in [0.717, 1.165) is 10.6 Å². The maximum Gasteiger partial charge on any atom is 0.225 e. The van der Waals surface area contributed by atoms with Crippen LogP contribution in [0.3, 0.4) is 0 Å². The molecule has 2 N–H and O–H groups in total. The maximum absolute atomic E-state index is 12.3. The number of amides is 1. The molecule has 144 valence electrons. The second kappa shape index (κ2) is 7.18. The molecule has 2 aliphatic heterocycles. The summed E-state index contributed by atoms with van der Waals surface area (Å²) in [6.45, 7) is 6.63. The van der Waals surface area contributed by atoms with E-state index in [0.29, 0.717) is 19.2 Å². The Balaban J connectivity index is 1.41. The van der Waals surface area contributed by atoms with Crippen molar-refractivity contribution in [3.05, 3.63) is 29.8 Å². The van der Waals surface area contributed by atoms with Crippen LogP contribution in [0.5, 0.6) is 0 Å². The third-order valence-electron chi connectivity index (χ3n) is 4.79. The van der Waals surface area contributed by atoms with Crippen LogP contribution in [0, 0.1) is 5.41 Å². The normalized spacial score (nSPS) is 27.4. The van der Waals surface area contributed by atoms with Crippen molar-refractivity contribution >= 4 is 23.2 Å². The van der Waals surface area contributed by atoms with Gasteiger partial charge in [-0.3, -0.25) is 4.79 Å². The quantitative estimate of drug-likeness (QED) is 0.836. The van der Waals surface area contributed by atoms with E-state index >= 15 is 0 Å². The first-order valence-corrected chi connectivity index (χ1v) is 9.97. The van der Waals surface area contributed by atoms with E-state index in [4.69, 9.17) is 9.47 Å². The third-order valence-corrected chi connectivity index (χ3v) is 5.69. The lowest BCUT2D eigenvalue weighted by atomic mass is 9.94. The summed E-state index contributed by atoms with van der Waals surface area (Å²) in [7, 11) is 0. The van der Waals surface area contributed by atoms with E-state index in [1.807, 2.05) is 44.4 Å². The molecule has 2 fully saturated rings. The zero-order valence-corrected chi connectivity index (χ0v) is 16.5. The first-order valence-electron chi connectivity index (χ1n) is 9.09. The Bertz CT molecular complexity index is 806. The van der Waals surface area contributed by atoms with E-state index in [9.17, 15) is 4.79 Å². The number of hydrogen-bond donors (Lipinski definition) is 2. The fourth-order valence-corrected chi connectivity index (χ4v) is 3.98. The molecule has 27 heavy (non-hydrogen) atoms. The zero-order valence-electron chi connectivity index (χ0n) is 15.6. The Morgan fingerprint density at radius 1 is 1.19 bits per heavy atom. The number of anilines is 1. The van der Waals surface area contributed by atoms with Crippen LogP contribution in [-0.4, -0.2) is 53.4 Å². The van der Waals surface area contributed by atoms with Gasteiger partial charge in [-0.15, -0.1) is 11.3 Å². The standard InChI is InChI=1S/C19H24N4O3S/c1-19(2,3)17(24)21-12-9-25-16-13(10-26-15(12)16)23-18-20-7-6-11(22-18)14-5-4-8-27-14/h4-8,12-13,15-16H,9-10H2,1-3H3,(H,21,24)(H,20,22,23)/t12-,13+,15-,16+/m1/s1. The highest BCUT2D eigenvalue weighted by atomic mass is 32.1. The van der Waals surface area contributed by atoms with Crippen molar-refractivity contribution in [1.29, 1.82) is 0 Å². The second-order valence-corrected chi connectivity index (χ2v) is 8.87. The van der Waals surface area contributed by atoms with Gasteiger partial charge in [-0.1, -0.05) is 26.8 Å². The maximum atomic E-state index is 12.3. The Kier molecular flexibility index (Phi) is 4.88. The average Bonchev–Trinajstić information content (AvgIpc) is 3.35. The number of nitrogens with zero attached hydrogens (tertiary/aromatic N) is 2.